The molecule has 2 rings (SSSR count). The number of halogens is 1. The van der Waals surface area contributed by atoms with Crippen LogP contribution in [0.25, 0.3) is 0 Å². The Labute approximate surface area is 143 Å². The summed E-state index contributed by atoms with van der Waals surface area (Å²) < 4.78 is 6.28. The van der Waals surface area contributed by atoms with Gasteiger partial charge in [0.2, 0.25) is 6.10 Å². The molecular formula is C17H16INO3. The molecular weight excluding hydrogens is 393 g/mol. The van der Waals surface area contributed by atoms with Crippen LogP contribution in [0, 0.1) is 3.57 Å². The molecule has 1 atom stereocenters. The zero-order valence-electron chi connectivity index (χ0n) is 12.3. The molecule has 4 nitrogen and oxygen atoms in total. The van der Waals surface area contributed by atoms with Crippen molar-refractivity contribution in [2.45, 2.75) is 6.10 Å². The number of likely N-dealkylation sites (N-methyl/N-ethyl adjacent to an activating group) is 1. The molecule has 0 fully saturated rings. The van der Waals surface area contributed by atoms with Gasteiger partial charge < -0.3 is 9.64 Å². The highest BCUT2D eigenvalue weighted by Gasteiger charge is 2.27. The number of ether oxygens (including phenoxy) is 1. The van der Waals surface area contributed by atoms with Crippen LogP contribution in [0.3, 0.4) is 0 Å². The van der Waals surface area contributed by atoms with E-state index in [4.69, 9.17) is 4.74 Å². The molecule has 114 valence electrons. The molecule has 0 saturated heterocycles. The first kappa shape index (κ1) is 16.5. The highest BCUT2D eigenvalue weighted by atomic mass is 127. The highest BCUT2D eigenvalue weighted by molar-refractivity contribution is 14.1. The van der Waals surface area contributed by atoms with Gasteiger partial charge >= 0.3 is 5.97 Å². The highest BCUT2D eigenvalue weighted by Crippen LogP contribution is 2.22. The van der Waals surface area contributed by atoms with Crippen molar-refractivity contribution < 1.29 is 14.3 Å². The Kier molecular flexibility index (Phi) is 5.54. The Morgan fingerprint density at radius 3 is 2.18 bits per heavy atom. The number of carbonyl (C=O) groups is 2. The van der Waals surface area contributed by atoms with Gasteiger partial charge in [-0.15, -0.1) is 0 Å². The molecule has 0 aromatic heterocycles. The van der Waals surface area contributed by atoms with Crippen molar-refractivity contribution in [1.82, 2.24) is 4.90 Å². The van der Waals surface area contributed by atoms with E-state index >= 15 is 0 Å². The van der Waals surface area contributed by atoms with E-state index in [1.54, 1.807) is 38.4 Å². The van der Waals surface area contributed by atoms with Crippen LogP contribution >= 0.6 is 22.6 Å². The van der Waals surface area contributed by atoms with E-state index in [1.165, 1.54) is 4.90 Å². The molecule has 22 heavy (non-hydrogen) atoms. The van der Waals surface area contributed by atoms with Gasteiger partial charge in [0.05, 0.1) is 5.56 Å². The Bertz CT molecular complexity index is 671. The fraction of sp³-hybridized carbons (Fsp3) is 0.176. The number of nitrogens with zero attached hydrogens (tertiary/aromatic N) is 1. The summed E-state index contributed by atoms with van der Waals surface area (Å²) in [4.78, 5) is 26.1. The largest absolute Gasteiger partial charge is 0.444 e. The second-order valence-corrected chi connectivity index (χ2v) is 6.07. The third-order valence-corrected chi connectivity index (χ3v) is 4.03. The van der Waals surface area contributed by atoms with Gasteiger partial charge in [0.15, 0.2) is 0 Å². The van der Waals surface area contributed by atoms with E-state index in [2.05, 4.69) is 22.6 Å². The summed E-state index contributed by atoms with van der Waals surface area (Å²) in [5.41, 5.74) is 1.11. The Hall–Kier alpha value is -1.89. The predicted octanol–water partition coefficient (Wildman–Crippen LogP) is 3.28. The molecule has 0 aliphatic carbocycles. The summed E-state index contributed by atoms with van der Waals surface area (Å²) in [5.74, 6) is -0.778. The lowest BCUT2D eigenvalue weighted by Gasteiger charge is -2.21. The fourth-order valence-electron chi connectivity index (χ4n) is 1.92. The van der Waals surface area contributed by atoms with Gasteiger partial charge in [-0.2, -0.15) is 0 Å². The molecule has 0 heterocycles. The summed E-state index contributed by atoms with van der Waals surface area (Å²) in [6, 6.07) is 16.1. The summed E-state index contributed by atoms with van der Waals surface area (Å²) in [7, 11) is 3.27. The maximum Gasteiger partial charge on any atom is 0.340 e. The zero-order chi connectivity index (χ0) is 16.1. The van der Waals surface area contributed by atoms with Crippen LogP contribution in [0.15, 0.2) is 54.6 Å². The lowest BCUT2D eigenvalue weighted by Crippen LogP contribution is -2.31. The molecule has 5 heteroatoms. The summed E-state index contributed by atoms with van der Waals surface area (Å²) in [6.07, 6.45) is -0.945. The maximum atomic E-state index is 12.4. The van der Waals surface area contributed by atoms with Crippen molar-refractivity contribution in [1.29, 1.82) is 0 Å². The minimum Gasteiger partial charge on any atom is -0.444 e. The first-order valence-electron chi connectivity index (χ1n) is 6.72. The van der Waals surface area contributed by atoms with Gasteiger partial charge in [0.1, 0.15) is 0 Å². The van der Waals surface area contributed by atoms with E-state index in [0.717, 1.165) is 3.57 Å². The predicted molar refractivity (Wildman–Crippen MR) is 92.5 cm³/mol. The first-order valence-corrected chi connectivity index (χ1v) is 7.80. The molecule has 0 bridgehead atoms. The first-order chi connectivity index (χ1) is 10.5. The Morgan fingerprint density at radius 1 is 1.00 bits per heavy atom. The molecule has 0 unspecified atom stereocenters. The topological polar surface area (TPSA) is 46.6 Å². The molecule has 1 amide bonds. The average Bonchev–Trinajstić information content (AvgIpc) is 2.53. The number of hydrogen-bond acceptors (Lipinski definition) is 3. The van der Waals surface area contributed by atoms with E-state index in [9.17, 15) is 9.59 Å². The van der Waals surface area contributed by atoms with Crippen molar-refractivity contribution in [2.75, 3.05) is 14.1 Å². The quantitative estimate of drug-likeness (QED) is 0.575. The number of carbonyl (C=O) groups excluding carboxylic acids is 2. The van der Waals surface area contributed by atoms with Crippen molar-refractivity contribution in [3.8, 4) is 0 Å². The normalized spacial score (nSPS) is 11.6. The number of esters is 1. The van der Waals surface area contributed by atoms with Gasteiger partial charge in [0.25, 0.3) is 5.91 Å². The minimum atomic E-state index is -0.945. The maximum absolute atomic E-state index is 12.4. The van der Waals surface area contributed by atoms with Crippen LogP contribution in [-0.4, -0.2) is 30.9 Å². The van der Waals surface area contributed by atoms with Gasteiger partial charge in [-0.25, -0.2) is 4.79 Å². The smallest absolute Gasteiger partial charge is 0.340 e. The van der Waals surface area contributed by atoms with Crippen molar-refractivity contribution in [3.05, 3.63) is 69.3 Å². The molecule has 0 saturated carbocycles. The third-order valence-electron chi connectivity index (χ3n) is 3.09. The van der Waals surface area contributed by atoms with Gasteiger partial charge in [0, 0.05) is 23.2 Å². The Balaban J connectivity index is 2.29. The van der Waals surface area contributed by atoms with Crippen molar-refractivity contribution in [2.24, 2.45) is 0 Å². The third kappa shape index (κ3) is 3.85. The Morgan fingerprint density at radius 2 is 1.59 bits per heavy atom. The molecule has 0 radical (unpaired) electrons. The number of amides is 1. The van der Waals surface area contributed by atoms with Gasteiger partial charge in [-0.1, -0.05) is 42.5 Å². The molecule has 0 N–H and O–H groups in total. The summed E-state index contributed by atoms with van der Waals surface area (Å²) in [5, 5.41) is 0. The monoisotopic (exact) mass is 409 g/mol. The average molecular weight is 409 g/mol. The van der Waals surface area contributed by atoms with Crippen molar-refractivity contribution in [3.63, 3.8) is 0 Å². The van der Waals surface area contributed by atoms with Crippen LogP contribution in [-0.2, 0) is 9.53 Å². The van der Waals surface area contributed by atoms with Crippen LogP contribution in [0.4, 0.5) is 0 Å². The molecule has 0 aliphatic rings. The minimum absolute atomic E-state index is 0.273. The van der Waals surface area contributed by atoms with Crippen LogP contribution in [0.5, 0.6) is 0 Å². The standard InChI is InChI=1S/C17H16INO3/c1-19(2)16(20)15(12-8-4-3-5-9-12)22-17(21)13-10-6-7-11-14(13)18/h3-11,15H,1-2H3/t15-/m1/s1. The SMILES string of the molecule is CN(C)C(=O)[C@H](OC(=O)c1ccccc1I)c1ccccc1. The number of benzene rings is 2. The van der Waals surface area contributed by atoms with Gasteiger partial charge in [-0.3, -0.25) is 4.79 Å². The second kappa shape index (κ2) is 7.40. The zero-order valence-corrected chi connectivity index (χ0v) is 14.5. The van der Waals surface area contributed by atoms with E-state index in [-0.39, 0.29) is 5.91 Å². The molecule has 2 aromatic rings. The second-order valence-electron chi connectivity index (χ2n) is 4.91. The fourth-order valence-corrected chi connectivity index (χ4v) is 2.53. The number of hydrogen-bond donors (Lipinski definition) is 0. The van der Waals surface area contributed by atoms with E-state index < -0.39 is 12.1 Å². The van der Waals surface area contributed by atoms with E-state index in [1.807, 2.05) is 30.3 Å². The van der Waals surface area contributed by atoms with Crippen LogP contribution in [0.2, 0.25) is 0 Å². The summed E-state index contributed by atoms with van der Waals surface area (Å²) >= 11 is 2.07. The van der Waals surface area contributed by atoms with Crippen LogP contribution < -0.4 is 0 Å². The molecule has 0 spiro atoms. The molecule has 2 aromatic carbocycles. The lowest BCUT2D eigenvalue weighted by molar-refractivity contribution is -0.138. The van der Waals surface area contributed by atoms with Crippen molar-refractivity contribution >= 4 is 34.5 Å². The number of rotatable bonds is 4. The molecule has 0 aliphatic heterocycles. The lowest BCUT2D eigenvalue weighted by atomic mass is 10.1. The summed E-state index contributed by atoms with van der Waals surface area (Å²) in [6.45, 7) is 0. The van der Waals surface area contributed by atoms with Gasteiger partial charge in [-0.05, 0) is 34.7 Å². The van der Waals surface area contributed by atoms with Crippen LogP contribution in [0.1, 0.15) is 22.0 Å². The van der Waals surface area contributed by atoms with E-state index in [0.29, 0.717) is 11.1 Å².